The van der Waals surface area contributed by atoms with E-state index in [0.29, 0.717) is 6.42 Å². The van der Waals surface area contributed by atoms with Crippen molar-refractivity contribution in [2.45, 2.75) is 26.3 Å². The quantitative estimate of drug-likeness (QED) is 0.606. The van der Waals surface area contributed by atoms with Crippen LogP contribution in [0.4, 0.5) is 5.69 Å². The first-order valence-corrected chi connectivity index (χ1v) is 11.5. The van der Waals surface area contributed by atoms with E-state index in [1.807, 2.05) is 25.3 Å². The smallest absolute Gasteiger partial charge is 0.345 e. The van der Waals surface area contributed by atoms with Gasteiger partial charge in [-0.15, -0.1) is 15.7 Å². The average molecular weight is 450 g/mol. The highest BCUT2D eigenvalue weighted by Crippen LogP contribution is 2.31. The van der Waals surface area contributed by atoms with Crippen molar-refractivity contribution in [1.29, 1.82) is 0 Å². The van der Waals surface area contributed by atoms with Gasteiger partial charge in [-0.3, -0.25) is 9.79 Å². The minimum atomic E-state index is -3.96. The van der Waals surface area contributed by atoms with Crippen LogP contribution in [0.1, 0.15) is 40.2 Å². The molecule has 0 saturated heterocycles. The molecule has 3 rings (SSSR count). The Morgan fingerprint density at radius 1 is 1.37 bits per heavy atom. The van der Waals surface area contributed by atoms with Crippen LogP contribution in [0.15, 0.2) is 39.0 Å². The summed E-state index contributed by atoms with van der Waals surface area (Å²) in [5.74, 6) is -0.683. The number of anilines is 1. The van der Waals surface area contributed by atoms with Crippen molar-refractivity contribution in [3.05, 3.63) is 45.6 Å². The fourth-order valence-electron chi connectivity index (χ4n) is 2.93. The molecular weight excluding hydrogens is 426 g/mol. The summed E-state index contributed by atoms with van der Waals surface area (Å²) in [6, 6.07) is 6.32. The fraction of sp³-hybridized carbons (Fsp3) is 0.316. The number of hydrogen-bond donors (Lipinski definition) is 3. The van der Waals surface area contributed by atoms with E-state index in [2.05, 4.69) is 19.4 Å². The maximum absolute atomic E-state index is 12.2. The topological polar surface area (TPSA) is 123 Å². The molecule has 0 saturated carbocycles. The first-order chi connectivity index (χ1) is 14.1. The van der Waals surface area contributed by atoms with Crippen molar-refractivity contribution in [3.8, 4) is 5.75 Å². The van der Waals surface area contributed by atoms with Gasteiger partial charge in [-0.05, 0) is 42.5 Å². The summed E-state index contributed by atoms with van der Waals surface area (Å²) in [6.45, 7) is 3.94. The number of rotatable bonds is 5. The predicted octanol–water partition coefficient (Wildman–Crippen LogP) is 2.67. The monoisotopic (exact) mass is 449 g/mol. The Morgan fingerprint density at radius 2 is 2.10 bits per heavy atom. The average Bonchev–Trinajstić information content (AvgIpc) is 3.22. The molecule has 0 spiro atoms. The van der Waals surface area contributed by atoms with Gasteiger partial charge in [-0.2, -0.15) is 8.42 Å². The second-order valence-corrected chi connectivity index (χ2v) is 9.20. The highest BCUT2D eigenvalue weighted by Gasteiger charge is 2.29. The maximum Gasteiger partial charge on any atom is 0.345 e. The Bertz CT molecular complexity index is 1140. The van der Waals surface area contributed by atoms with Crippen molar-refractivity contribution in [2.24, 2.45) is 9.39 Å². The molecule has 11 heteroatoms. The summed E-state index contributed by atoms with van der Waals surface area (Å²) in [7, 11) is -0.817. The first kappa shape index (κ1) is 21.8. The molecule has 0 radical (unpaired) electrons. The van der Waals surface area contributed by atoms with Crippen molar-refractivity contribution < 1.29 is 18.3 Å². The Kier molecular flexibility index (Phi) is 6.13. The number of phenols is 1. The SMILES string of the molecule is CC[C@@H](N=C1NS(=O)(=O)N=C1Nc1cccc(C(=O)N(C)C)c1O)c1sccc1C. The summed E-state index contributed by atoms with van der Waals surface area (Å²) in [5, 5.41) is 15.3. The summed E-state index contributed by atoms with van der Waals surface area (Å²) < 4.78 is 30.1. The number of aromatic hydroxyl groups is 1. The molecular formula is C19H23N5O4S2. The highest BCUT2D eigenvalue weighted by molar-refractivity contribution is 7.89. The van der Waals surface area contributed by atoms with Gasteiger partial charge in [-0.1, -0.05) is 13.0 Å². The number of aliphatic imine (C=N–C) groups is 1. The molecule has 1 aliphatic rings. The molecule has 9 nitrogen and oxygen atoms in total. The van der Waals surface area contributed by atoms with Crippen LogP contribution in [0.25, 0.3) is 0 Å². The number of para-hydroxylation sites is 1. The van der Waals surface area contributed by atoms with Gasteiger partial charge >= 0.3 is 10.2 Å². The van der Waals surface area contributed by atoms with E-state index >= 15 is 0 Å². The van der Waals surface area contributed by atoms with E-state index in [1.54, 1.807) is 31.5 Å². The number of nitrogens with one attached hydrogen (secondary N) is 2. The molecule has 30 heavy (non-hydrogen) atoms. The van der Waals surface area contributed by atoms with Gasteiger partial charge in [0.1, 0.15) is 0 Å². The van der Waals surface area contributed by atoms with Crippen LogP contribution in [-0.2, 0) is 10.2 Å². The van der Waals surface area contributed by atoms with Gasteiger partial charge in [0.15, 0.2) is 17.4 Å². The van der Waals surface area contributed by atoms with Gasteiger partial charge < -0.3 is 15.3 Å². The number of nitrogens with zero attached hydrogens (tertiary/aromatic N) is 3. The third kappa shape index (κ3) is 4.46. The number of thiophene rings is 1. The molecule has 0 bridgehead atoms. The van der Waals surface area contributed by atoms with E-state index in [4.69, 9.17) is 0 Å². The number of aryl methyl sites for hydroxylation is 1. The zero-order valence-electron chi connectivity index (χ0n) is 17.0. The summed E-state index contributed by atoms with van der Waals surface area (Å²) in [6.07, 6.45) is 0.665. The van der Waals surface area contributed by atoms with Crippen molar-refractivity contribution in [1.82, 2.24) is 9.62 Å². The number of carbonyl (C=O) groups excluding carboxylic acids is 1. The molecule has 1 atom stereocenters. The van der Waals surface area contributed by atoms with Crippen LogP contribution in [0.5, 0.6) is 5.75 Å². The Balaban J connectivity index is 1.97. The lowest BCUT2D eigenvalue weighted by Gasteiger charge is -2.15. The van der Waals surface area contributed by atoms with Crippen LogP contribution in [-0.4, -0.2) is 50.1 Å². The van der Waals surface area contributed by atoms with E-state index in [-0.39, 0.29) is 40.6 Å². The van der Waals surface area contributed by atoms with Crippen LogP contribution < -0.4 is 10.0 Å². The standard InChI is InChI=1S/C19H23N5O4S2/c1-5-13(16-11(2)9-10-29-16)20-17-18(23-30(27,28)22-17)21-14-8-6-7-12(15(14)25)19(26)24(3)4/h6-10,13,25H,5H2,1-4H3,(H,20,22)(H,21,23)/t13-/m1/s1. The maximum atomic E-state index is 12.2. The normalized spacial score (nSPS) is 17.3. The molecule has 1 amide bonds. The molecule has 0 aliphatic carbocycles. The van der Waals surface area contributed by atoms with E-state index in [1.165, 1.54) is 17.0 Å². The van der Waals surface area contributed by atoms with Crippen molar-refractivity contribution in [3.63, 3.8) is 0 Å². The molecule has 0 fully saturated rings. The molecule has 2 aromatic rings. The number of phenolic OH excluding ortho intramolecular Hbond substituents is 1. The van der Waals surface area contributed by atoms with Crippen LogP contribution in [0.2, 0.25) is 0 Å². The lowest BCUT2D eigenvalue weighted by Crippen LogP contribution is -2.31. The minimum Gasteiger partial charge on any atom is -0.505 e. The molecule has 2 heterocycles. The highest BCUT2D eigenvalue weighted by atomic mass is 32.2. The minimum absolute atomic E-state index is 0.0487. The van der Waals surface area contributed by atoms with Crippen molar-refractivity contribution in [2.75, 3.05) is 19.4 Å². The van der Waals surface area contributed by atoms with Gasteiger partial charge in [0.2, 0.25) is 0 Å². The molecule has 3 N–H and O–H groups in total. The third-order valence-electron chi connectivity index (χ3n) is 4.46. The molecule has 1 aromatic heterocycles. The lowest BCUT2D eigenvalue weighted by molar-refractivity contribution is 0.0824. The number of carbonyl (C=O) groups is 1. The Hall–Kier alpha value is -2.92. The first-order valence-electron chi connectivity index (χ1n) is 9.18. The Morgan fingerprint density at radius 3 is 2.70 bits per heavy atom. The summed E-state index contributed by atoms with van der Waals surface area (Å²) in [5.41, 5.74) is 1.31. The van der Waals surface area contributed by atoms with Gasteiger partial charge in [-0.25, -0.2) is 4.72 Å². The predicted molar refractivity (Wildman–Crippen MR) is 119 cm³/mol. The molecule has 1 aliphatic heterocycles. The molecule has 1 aromatic carbocycles. The summed E-state index contributed by atoms with van der Waals surface area (Å²) in [4.78, 5) is 19.2. The second kappa shape index (κ2) is 8.44. The number of hydrogen-bond acceptors (Lipinski definition) is 7. The number of amidine groups is 2. The van der Waals surface area contributed by atoms with Crippen LogP contribution in [0, 0.1) is 6.92 Å². The van der Waals surface area contributed by atoms with Crippen LogP contribution in [0.3, 0.4) is 0 Å². The second-order valence-electron chi connectivity index (χ2n) is 6.91. The zero-order valence-corrected chi connectivity index (χ0v) is 18.6. The lowest BCUT2D eigenvalue weighted by atomic mass is 10.1. The van der Waals surface area contributed by atoms with Gasteiger partial charge in [0.05, 0.1) is 17.3 Å². The third-order valence-corrected chi connectivity index (χ3v) is 6.46. The molecule has 0 unspecified atom stereocenters. The van der Waals surface area contributed by atoms with E-state index in [0.717, 1.165) is 10.4 Å². The summed E-state index contributed by atoms with van der Waals surface area (Å²) >= 11 is 1.55. The van der Waals surface area contributed by atoms with Gasteiger partial charge in [0.25, 0.3) is 5.91 Å². The largest absolute Gasteiger partial charge is 0.505 e. The fourth-order valence-corrected chi connectivity index (χ4v) is 4.79. The van der Waals surface area contributed by atoms with Gasteiger partial charge in [0, 0.05) is 19.0 Å². The van der Waals surface area contributed by atoms with E-state index < -0.39 is 10.2 Å². The number of benzene rings is 1. The number of amides is 1. The van der Waals surface area contributed by atoms with Crippen LogP contribution >= 0.6 is 11.3 Å². The zero-order chi connectivity index (χ0) is 22.1. The Labute approximate surface area is 179 Å². The molecule has 160 valence electrons. The van der Waals surface area contributed by atoms with E-state index in [9.17, 15) is 18.3 Å². The van der Waals surface area contributed by atoms with Crippen molar-refractivity contribution >= 4 is 44.8 Å².